The molecule has 1 N–H and O–H groups in total. The summed E-state index contributed by atoms with van der Waals surface area (Å²) in [5.41, 5.74) is 0.579. The largest absolute Gasteiger partial charge is 0.349 e. The standard InChI is InChI=1S/C15H15NO3S/c1-20(18,19)11-5-10-16-15(17)14-9-4-7-12-6-2-3-8-13(12)14/h2-9,11H,10H2,1H3,(H,16,17). The highest BCUT2D eigenvalue weighted by molar-refractivity contribution is 7.93. The second-order valence-corrected chi connectivity index (χ2v) is 6.37. The number of sulfone groups is 1. The highest BCUT2D eigenvalue weighted by Gasteiger charge is 2.08. The minimum atomic E-state index is -3.15. The molecule has 2 aromatic rings. The van der Waals surface area contributed by atoms with Gasteiger partial charge in [0.2, 0.25) is 0 Å². The van der Waals surface area contributed by atoms with E-state index in [1.807, 2.05) is 36.4 Å². The third-order valence-corrected chi connectivity index (χ3v) is 3.44. The molecule has 20 heavy (non-hydrogen) atoms. The van der Waals surface area contributed by atoms with Gasteiger partial charge in [-0.2, -0.15) is 0 Å². The molecule has 0 aliphatic rings. The van der Waals surface area contributed by atoms with Gasteiger partial charge in [-0.1, -0.05) is 42.5 Å². The Balaban J connectivity index is 2.14. The molecule has 0 saturated heterocycles. The van der Waals surface area contributed by atoms with Gasteiger partial charge in [0.1, 0.15) is 0 Å². The Morgan fingerprint density at radius 3 is 2.60 bits per heavy atom. The molecular weight excluding hydrogens is 274 g/mol. The first-order chi connectivity index (χ1) is 9.47. The zero-order chi connectivity index (χ0) is 14.6. The Bertz CT molecular complexity index is 758. The Kier molecular flexibility index (Phi) is 4.20. The lowest BCUT2D eigenvalue weighted by Gasteiger charge is -2.06. The molecule has 0 spiro atoms. The van der Waals surface area contributed by atoms with Gasteiger partial charge in [-0.15, -0.1) is 0 Å². The minimum absolute atomic E-state index is 0.176. The molecule has 0 atom stereocenters. The molecule has 0 fully saturated rings. The fraction of sp³-hybridized carbons (Fsp3) is 0.133. The third kappa shape index (κ3) is 3.68. The van der Waals surface area contributed by atoms with Crippen molar-refractivity contribution >= 4 is 26.5 Å². The van der Waals surface area contributed by atoms with Crippen molar-refractivity contribution in [2.75, 3.05) is 12.8 Å². The number of nitrogens with one attached hydrogen (secondary N) is 1. The van der Waals surface area contributed by atoms with Crippen molar-refractivity contribution < 1.29 is 13.2 Å². The van der Waals surface area contributed by atoms with Crippen LogP contribution in [0.1, 0.15) is 10.4 Å². The van der Waals surface area contributed by atoms with E-state index in [1.54, 1.807) is 6.07 Å². The van der Waals surface area contributed by atoms with Gasteiger partial charge in [0.15, 0.2) is 9.84 Å². The van der Waals surface area contributed by atoms with Crippen LogP contribution in [0.2, 0.25) is 0 Å². The van der Waals surface area contributed by atoms with Crippen molar-refractivity contribution in [3.8, 4) is 0 Å². The zero-order valence-electron chi connectivity index (χ0n) is 11.0. The molecule has 2 aromatic carbocycles. The van der Waals surface area contributed by atoms with Crippen LogP contribution in [0, 0.1) is 0 Å². The fourth-order valence-electron chi connectivity index (χ4n) is 1.89. The van der Waals surface area contributed by atoms with E-state index in [1.165, 1.54) is 6.08 Å². The third-order valence-electron chi connectivity index (χ3n) is 2.76. The molecule has 0 saturated carbocycles. The Labute approximate surface area is 118 Å². The molecule has 5 heteroatoms. The van der Waals surface area contributed by atoms with E-state index >= 15 is 0 Å². The summed E-state index contributed by atoms with van der Waals surface area (Å²) in [7, 11) is -3.15. The van der Waals surface area contributed by atoms with E-state index < -0.39 is 9.84 Å². The lowest BCUT2D eigenvalue weighted by molar-refractivity contribution is 0.0959. The van der Waals surface area contributed by atoms with Gasteiger partial charge < -0.3 is 5.32 Å². The first-order valence-corrected chi connectivity index (χ1v) is 8.05. The average molecular weight is 289 g/mol. The van der Waals surface area contributed by atoms with Crippen molar-refractivity contribution in [2.24, 2.45) is 0 Å². The van der Waals surface area contributed by atoms with Crippen LogP contribution < -0.4 is 5.32 Å². The minimum Gasteiger partial charge on any atom is -0.349 e. The molecule has 0 bridgehead atoms. The van der Waals surface area contributed by atoms with E-state index in [-0.39, 0.29) is 12.5 Å². The van der Waals surface area contributed by atoms with Crippen LogP contribution >= 0.6 is 0 Å². The number of carbonyl (C=O) groups is 1. The average Bonchev–Trinajstić information content (AvgIpc) is 2.41. The van der Waals surface area contributed by atoms with Crippen LogP contribution in [-0.4, -0.2) is 27.1 Å². The second kappa shape index (κ2) is 5.88. The summed E-state index contributed by atoms with van der Waals surface area (Å²) in [4.78, 5) is 12.1. The number of rotatable bonds is 4. The number of hydrogen-bond acceptors (Lipinski definition) is 3. The predicted molar refractivity (Wildman–Crippen MR) is 80.3 cm³/mol. The maximum Gasteiger partial charge on any atom is 0.252 e. The Morgan fingerprint density at radius 1 is 1.15 bits per heavy atom. The van der Waals surface area contributed by atoms with Crippen molar-refractivity contribution in [3.05, 3.63) is 59.5 Å². The van der Waals surface area contributed by atoms with Crippen molar-refractivity contribution in [1.82, 2.24) is 5.32 Å². The molecular formula is C15H15NO3S. The Hall–Kier alpha value is -2.14. The van der Waals surface area contributed by atoms with E-state index in [0.717, 1.165) is 22.4 Å². The first kappa shape index (κ1) is 14.3. The van der Waals surface area contributed by atoms with Crippen LogP contribution in [0.5, 0.6) is 0 Å². The lowest BCUT2D eigenvalue weighted by Crippen LogP contribution is -2.23. The number of amides is 1. The molecule has 4 nitrogen and oxygen atoms in total. The smallest absolute Gasteiger partial charge is 0.252 e. The zero-order valence-corrected chi connectivity index (χ0v) is 11.9. The van der Waals surface area contributed by atoms with Gasteiger partial charge in [0.25, 0.3) is 5.91 Å². The molecule has 0 aliphatic carbocycles. The molecule has 0 aromatic heterocycles. The normalized spacial score (nSPS) is 11.8. The molecule has 0 unspecified atom stereocenters. The topological polar surface area (TPSA) is 63.2 Å². The summed E-state index contributed by atoms with van der Waals surface area (Å²) in [5, 5.41) is 5.62. The molecule has 0 aliphatic heterocycles. The van der Waals surface area contributed by atoms with Crippen molar-refractivity contribution in [2.45, 2.75) is 0 Å². The SMILES string of the molecule is CS(=O)(=O)C=CCNC(=O)c1cccc2ccccc12. The summed E-state index contributed by atoms with van der Waals surface area (Å²) >= 11 is 0. The van der Waals surface area contributed by atoms with Crippen LogP contribution in [0.4, 0.5) is 0 Å². The van der Waals surface area contributed by atoms with Crippen LogP contribution in [0.15, 0.2) is 53.9 Å². The highest BCUT2D eigenvalue weighted by atomic mass is 32.2. The number of hydrogen-bond donors (Lipinski definition) is 1. The highest BCUT2D eigenvalue weighted by Crippen LogP contribution is 2.18. The van der Waals surface area contributed by atoms with E-state index in [0.29, 0.717) is 5.56 Å². The van der Waals surface area contributed by atoms with Gasteiger partial charge in [-0.25, -0.2) is 8.42 Å². The number of benzene rings is 2. The quantitative estimate of drug-likeness (QED) is 0.937. The summed E-state index contributed by atoms with van der Waals surface area (Å²) in [6, 6.07) is 13.1. The lowest BCUT2D eigenvalue weighted by atomic mass is 10.0. The van der Waals surface area contributed by atoms with Crippen molar-refractivity contribution in [1.29, 1.82) is 0 Å². The van der Waals surface area contributed by atoms with Gasteiger partial charge in [-0.3, -0.25) is 4.79 Å². The second-order valence-electron chi connectivity index (χ2n) is 4.44. The van der Waals surface area contributed by atoms with Gasteiger partial charge in [-0.05, 0) is 16.8 Å². The molecule has 0 heterocycles. The van der Waals surface area contributed by atoms with Crippen LogP contribution in [-0.2, 0) is 9.84 Å². The predicted octanol–water partition coefficient (Wildman–Crippen LogP) is 2.13. The molecule has 0 radical (unpaired) electrons. The monoisotopic (exact) mass is 289 g/mol. The molecule has 2 rings (SSSR count). The maximum absolute atomic E-state index is 12.1. The van der Waals surface area contributed by atoms with Crippen LogP contribution in [0.3, 0.4) is 0 Å². The van der Waals surface area contributed by atoms with Crippen molar-refractivity contribution in [3.63, 3.8) is 0 Å². The molecule has 1 amide bonds. The first-order valence-electron chi connectivity index (χ1n) is 6.10. The van der Waals surface area contributed by atoms with Gasteiger partial charge >= 0.3 is 0 Å². The summed E-state index contributed by atoms with van der Waals surface area (Å²) in [6.45, 7) is 0.176. The van der Waals surface area contributed by atoms with E-state index in [2.05, 4.69) is 5.32 Å². The Morgan fingerprint density at radius 2 is 1.85 bits per heavy atom. The fourth-order valence-corrected chi connectivity index (χ4v) is 2.34. The van der Waals surface area contributed by atoms with Gasteiger partial charge in [0.05, 0.1) is 0 Å². The summed E-state index contributed by atoms with van der Waals surface area (Å²) in [5.74, 6) is -0.222. The molecule has 104 valence electrons. The van der Waals surface area contributed by atoms with Gasteiger partial charge in [0, 0.05) is 23.8 Å². The number of fused-ring (bicyclic) bond motifs is 1. The van der Waals surface area contributed by atoms with E-state index in [4.69, 9.17) is 0 Å². The maximum atomic E-state index is 12.1. The number of carbonyl (C=O) groups excluding carboxylic acids is 1. The van der Waals surface area contributed by atoms with Crippen LogP contribution in [0.25, 0.3) is 10.8 Å². The summed E-state index contributed by atoms with van der Waals surface area (Å²) < 4.78 is 21.8. The van der Waals surface area contributed by atoms with E-state index in [9.17, 15) is 13.2 Å². The summed E-state index contributed by atoms with van der Waals surface area (Å²) in [6.07, 6.45) is 2.52.